The van der Waals surface area contributed by atoms with Crippen molar-refractivity contribution in [3.8, 4) is 0 Å². The SMILES string of the molecule is CC(C)c1ccc2ccncc2c1C(C)C. The molecule has 0 N–H and O–H groups in total. The summed E-state index contributed by atoms with van der Waals surface area (Å²) in [4.78, 5) is 4.26. The van der Waals surface area contributed by atoms with Gasteiger partial charge in [-0.2, -0.15) is 0 Å². The van der Waals surface area contributed by atoms with Gasteiger partial charge in [0.1, 0.15) is 0 Å². The van der Waals surface area contributed by atoms with E-state index in [0.29, 0.717) is 11.8 Å². The van der Waals surface area contributed by atoms with Gasteiger partial charge in [-0.25, -0.2) is 0 Å². The first-order valence-corrected chi connectivity index (χ1v) is 5.97. The number of nitrogens with zero attached hydrogens (tertiary/aromatic N) is 1. The number of aromatic nitrogens is 1. The summed E-state index contributed by atoms with van der Waals surface area (Å²) in [6.45, 7) is 9.02. The van der Waals surface area contributed by atoms with Crippen LogP contribution in [0.15, 0.2) is 30.6 Å². The Hall–Kier alpha value is -1.37. The zero-order valence-corrected chi connectivity index (χ0v) is 10.5. The van der Waals surface area contributed by atoms with Crippen molar-refractivity contribution < 1.29 is 0 Å². The van der Waals surface area contributed by atoms with E-state index in [1.165, 1.54) is 21.9 Å². The molecule has 1 heterocycles. The van der Waals surface area contributed by atoms with Crippen molar-refractivity contribution >= 4 is 10.8 Å². The van der Waals surface area contributed by atoms with E-state index in [-0.39, 0.29) is 0 Å². The molecule has 0 bridgehead atoms. The van der Waals surface area contributed by atoms with Gasteiger partial charge in [-0.1, -0.05) is 39.8 Å². The smallest absolute Gasteiger partial charge is 0.0349 e. The van der Waals surface area contributed by atoms with E-state index in [0.717, 1.165) is 0 Å². The predicted octanol–water partition coefficient (Wildman–Crippen LogP) is 4.48. The van der Waals surface area contributed by atoms with Gasteiger partial charge in [0.05, 0.1) is 0 Å². The van der Waals surface area contributed by atoms with E-state index in [4.69, 9.17) is 0 Å². The van der Waals surface area contributed by atoms with Crippen molar-refractivity contribution in [1.29, 1.82) is 0 Å². The second-order valence-electron chi connectivity index (χ2n) is 4.97. The molecule has 0 aliphatic rings. The third-order valence-corrected chi connectivity index (χ3v) is 3.10. The minimum atomic E-state index is 0.547. The maximum absolute atomic E-state index is 4.26. The van der Waals surface area contributed by atoms with Gasteiger partial charge in [-0.3, -0.25) is 4.98 Å². The Kier molecular flexibility index (Phi) is 2.95. The molecule has 0 saturated heterocycles. The molecule has 1 aromatic heterocycles. The summed E-state index contributed by atoms with van der Waals surface area (Å²) in [5.41, 5.74) is 2.91. The van der Waals surface area contributed by atoms with Crippen molar-refractivity contribution in [2.75, 3.05) is 0 Å². The van der Waals surface area contributed by atoms with Crippen molar-refractivity contribution in [2.24, 2.45) is 0 Å². The lowest BCUT2D eigenvalue weighted by Gasteiger charge is -2.18. The number of hydrogen-bond donors (Lipinski definition) is 0. The highest BCUT2D eigenvalue weighted by molar-refractivity contribution is 5.86. The molecule has 0 spiro atoms. The Balaban J connectivity index is 2.79. The fourth-order valence-electron chi connectivity index (χ4n) is 2.35. The zero-order chi connectivity index (χ0) is 11.7. The highest BCUT2D eigenvalue weighted by Crippen LogP contribution is 2.32. The highest BCUT2D eigenvalue weighted by Gasteiger charge is 2.13. The molecular formula is C15H19N. The molecule has 84 valence electrons. The van der Waals surface area contributed by atoms with Gasteiger partial charge in [0.2, 0.25) is 0 Å². The summed E-state index contributed by atoms with van der Waals surface area (Å²) >= 11 is 0. The first-order valence-electron chi connectivity index (χ1n) is 5.97. The number of pyridine rings is 1. The highest BCUT2D eigenvalue weighted by atomic mass is 14.6. The molecule has 0 aliphatic carbocycles. The van der Waals surface area contributed by atoms with E-state index in [9.17, 15) is 0 Å². The third-order valence-electron chi connectivity index (χ3n) is 3.10. The summed E-state index contributed by atoms with van der Waals surface area (Å²) in [5.74, 6) is 1.12. The van der Waals surface area contributed by atoms with E-state index in [1.807, 2.05) is 12.4 Å². The molecule has 0 amide bonds. The molecule has 16 heavy (non-hydrogen) atoms. The van der Waals surface area contributed by atoms with Crippen LogP contribution in [0.5, 0.6) is 0 Å². The third kappa shape index (κ3) is 1.82. The molecule has 1 aromatic carbocycles. The first-order chi connectivity index (χ1) is 7.61. The molecular weight excluding hydrogens is 194 g/mol. The average molecular weight is 213 g/mol. The molecule has 0 saturated carbocycles. The lowest BCUT2D eigenvalue weighted by atomic mass is 9.87. The van der Waals surface area contributed by atoms with Crippen LogP contribution >= 0.6 is 0 Å². The normalized spacial score (nSPS) is 11.6. The molecule has 1 nitrogen and oxygen atoms in total. The number of benzene rings is 1. The molecule has 0 fully saturated rings. The lowest BCUT2D eigenvalue weighted by Crippen LogP contribution is -2.00. The van der Waals surface area contributed by atoms with Gasteiger partial charge >= 0.3 is 0 Å². The summed E-state index contributed by atoms with van der Waals surface area (Å²) in [5, 5.41) is 2.60. The molecule has 2 rings (SSSR count). The second-order valence-corrected chi connectivity index (χ2v) is 4.97. The zero-order valence-electron chi connectivity index (χ0n) is 10.5. The molecule has 1 heteroatoms. The predicted molar refractivity (Wildman–Crippen MR) is 69.9 cm³/mol. The maximum atomic E-state index is 4.26. The van der Waals surface area contributed by atoms with Gasteiger partial charge in [-0.15, -0.1) is 0 Å². The van der Waals surface area contributed by atoms with Gasteiger partial charge in [0.15, 0.2) is 0 Å². The van der Waals surface area contributed by atoms with E-state index in [2.05, 4.69) is 50.9 Å². The van der Waals surface area contributed by atoms with Crippen LogP contribution in [0.4, 0.5) is 0 Å². The van der Waals surface area contributed by atoms with Gasteiger partial charge < -0.3 is 0 Å². The summed E-state index contributed by atoms with van der Waals surface area (Å²) < 4.78 is 0. The average Bonchev–Trinajstić information content (AvgIpc) is 2.27. The van der Waals surface area contributed by atoms with Crippen LogP contribution in [0.1, 0.15) is 50.7 Å². The van der Waals surface area contributed by atoms with E-state index < -0.39 is 0 Å². The standard InChI is InChI=1S/C15H19N/c1-10(2)13-6-5-12-7-8-16-9-14(12)15(13)11(3)4/h5-11H,1-4H3. The van der Waals surface area contributed by atoms with Crippen LogP contribution in [0.3, 0.4) is 0 Å². The van der Waals surface area contributed by atoms with Crippen LogP contribution in [-0.4, -0.2) is 4.98 Å². The van der Waals surface area contributed by atoms with Crippen LogP contribution in [0, 0.1) is 0 Å². The minimum Gasteiger partial charge on any atom is -0.264 e. The molecule has 2 aromatic rings. The molecule has 0 aliphatic heterocycles. The second kappa shape index (κ2) is 4.25. The Morgan fingerprint density at radius 1 is 0.938 bits per heavy atom. The summed E-state index contributed by atoms with van der Waals surface area (Å²) in [6, 6.07) is 6.56. The Morgan fingerprint density at radius 2 is 1.69 bits per heavy atom. The van der Waals surface area contributed by atoms with Gasteiger partial charge in [0, 0.05) is 17.8 Å². The Labute approximate surface area is 97.5 Å². The number of rotatable bonds is 2. The van der Waals surface area contributed by atoms with Crippen LogP contribution in [0.25, 0.3) is 10.8 Å². The monoisotopic (exact) mass is 213 g/mol. The number of hydrogen-bond acceptors (Lipinski definition) is 1. The molecule has 0 unspecified atom stereocenters. The van der Waals surface area contributed by atoms with Crippen molar-refractivity contribution in [3.63, 3.8) is 0 Å². The largest absolute Gasteiger partial charge is 0.264 e. The maximum Gasteiger partial charge on any atom is 0.0349 e. The van der Waals surface area contributed by atoms with Crippen LogP contribution in [-0.2, 0) is 0 Å². The Bertz CT molecular complexity index is 498. The van der Waals surface area contributed by atoms with Gasteiger partial charge in [-0.05, 0) is 34.4 Å². The van der Waals surface area contributed by atoms with Crippen LogP contribution < -0.4 is 0 Å². The fourth-order valence-corrected chi connectivity index (χ4v) is 2.35. The van der Waals surface area contributed by atoms with E-state index in [1.54, 1.807) is 0 Å². The quantitative estimate of drug-likeness (QED) is 0.716. The fraction of sp³-hybridized carbons (Fsp3) is 0.400. The summed E-state index contributed by atoms with van der Waals surface area (Å²) in [7, 11) is 0. The van der Waals surface area contributed by atoms with Gasteiger partial charge in [0.25, 0.3) is 0 Å². The Morgan fingerprint density at radius 3 is 2.31 bits per heavy atom. The minimum absolute atomic E-state index is 0.547. The van der Waals surface area contributed by atoms with Crippen molar-refractivity contribution in [3.05, 3.63) is 41.7 Å². The molecule has 0 atom stereocenters. The van der Waals surface area contributed by atoms with E-state index >= 15 is 0 Å². The summed E-state index contributed by atoms with van der Waals surface area (Å²) in [6.07, 6.45) is 3.86. The van der Waals surface area contributed by atoms with Crippen molar-refractivity contribution in [2.45, 2.75) is 39.5 Å². The lowest BCUT2D eigenvalue weighted by molar-refractivity contribution is 0.797. The molecule has 0 radical (unpaired) electrons. The van der Waals surface area contributed by atoms with Crippen molar-refractivity contribution in [1.82, 2.24) is 4.98 Å². The van der Waals surface area contributed by atoms with Crippen LogP contribution in [0.2, 0.25) is 0 Å². The topological polar surface area (TPSA) is 12.9 Å². The first kappa shape index (κ1) is 11.1. The number of fused-ring (bicyclic) bond motifs is 1.